The summed E-state index contributed by atoms with van der Waals surface area (Å²) in [5.74, 6) is -0.0619. The zero-order valence-electron chi connectivity index (χ0n) is 6.66. The summed E-state index contributed by atoms with van der Waals surface area (Å²) in [6, 6.07) is 1.25. The minimum atomic E-state index is -0.317. The molecule has 0 saturated carbocycles. The van der Waals surface area contributed by atoms with Crippen LogP contribution in [-0.4, -0.2) is 28.4 Å². The zero-order valence-corrected chi connectivity index (χ0v) is 6.66. The Kier molecular flexibility index (Phi) is 1.54. The van der Waals surface area contributed by atoms with Crippen LogP contribution in [0.25, 0.3) is 0 Å². The molecule has 1 saturated heterocycles. The number of carbonyl (C=O) groups excluding carboxylic acids is 2. The molecule has 2 heterocycles. The fourth-order valence-corrected chi connectivity index (χ4v) is 1.27. The van der Waals surface area contributed by atoms with Crippen molar-refractivity contribution in [2.45, 2.75) is 6.42 Å². The lowest BCUT2D eigenvalue weighted by Crippen LogP contribution is -2.24. The average Bonchev–Trinajstić information content (AvgIpc) is 2.58. The maximum atomic E-state index is 11.2. The molecular weight excluding hydrogens is 174 g/mol. The van der Waals surface area contributed by atoms with E-state index in [0.29, 0.717) is 5.82 Å². The molecule has 2 N–H and O–H groups in total. The van der Waals surface area contributed by atoms with E-state index >= 15 is 0 Å². The van der Waals surface area contributed by atoms with Crippen molar-refractivity contribution in [2.75, 3.05) is 11.4 Å². The molecule has 1 aliphatic rings. The second-order valence-corrected chi connectivity index (χ2v) is 2.84. The number of nitrogens with zero attached hydrogens (tertiary/aromatic N) is 1. The second-order valence-electron chi connectivity index (χ2n) is 2.84. The highest BCUT2D eigenvalue weighted by Crippen LogP contribution is 2.14. The van der Waals surface area contributed by atoms with Crippen molar-refractivity contribution < 1.29 is 9.59 Å². The first kappa shape index (κ1) is 7.78. The van der Waals surface area contributed by atoms with E-state index in [1.54, 1.807) is 0 Å². The van der Waals surface area contributed by atoms with Crippen molar-refractivity contribution in [2.24, 2.45) is 0 Å². The summed E-state index contributed by atoms with van der Waals surface area (Å²) in [5, 5.41) is 4.81. The van der Waals surface area contributed by atoms with Gasteiger partial charge in [0, 0.05) is 6.07 Å². The van der Waals surface area contributed by atoms with Gasteiger partial charge in [-0.15, -0.1) is 0 Å². The lowest BCUT2D eigenvalue weighted by atomic mass is 10.3. The molecule has 1 aliphatic heterocycles. The maximum absolute atomic E-state index is 11.2. The van der Waals surface area contributed by atoms with E-state index in [9.17, 15) is 14.4 Å². The molecule has 0 atom stereocenters. The molecular formula is C7H7N3O3. The number of hydrogen-bond acceptors (Lipinski definition) is 3. The number of hydrogen-bond donors (Lipinski definition) is 2. The standard InChI is InChI=1S/C7H7N3O3/c11-4-1-7(13)10(3-4)5-2-6(12)9-8-5/h2H,1,3H2,(H2,8,9,12). The van der Waals surface area contributed by atoms with Gasteiger partial charge < -0.3 is 0 Å². The van der Waals surface area contributed by atoms with Crippen molar-refractivity contribution in [1.82, 2.24) is 10.2 Å². The summed E-state index contributed by atoms with van der Waals surface area (Å²) >= 11 is 0. The first-order chi connectivity index (χ1) is 6.16. The molecule has 2 rings (SSSR count). The Morgan fingerprint density at radius 2 is 2.00 bits per heavy atom. The monoisotopic (exact) mass is 181 g/mol. The van der Waals surface area contributed by atoms with E-state index in [1.807, 2.05) is 0 Å². The molecule has 1 amide bonds. The number of H-pyrrole nitrogens is 2. The van der Waals surface area contributed by atoms with Crippen LogP contribution in [0.15, 0.2) is 10.9 Å². The quantitative estimate of drug-likeness (QED) is 0.545. The summed E-state index contributed by atoms with van der Waals surface area (Å²) < 4.78 is 0. The minimum absolute atomic E-state index is 0.0482. The molecule has 0 aliphatic carbocycles. The first-order valence-electron chi connectivity index (χ1n) is 3.76. The third-order valence-corrected chi connectivity index (χ3v) is 1.86. The van der Waals surface area contributed by atoms with E-state index < -0.39 is 0 Å². The number of carbonyl (C=O) groups is 2. The normalized spacial score (nSPS) is 17.1. The van der Waals surface area contributed by atoms with Crippen LogP contribution in [0.5, 0.6) is 0 Å². The van der Waals surface area contributed by atoms with Crippen molar-refractivity contribution in [3.05, 3.63) is 16.4 Å². The molecule has 0 unspecified atom stereocenters. The Bertz CT molecular complexity index is 417. The zero-order chi connectivity index (χ0) is 9.42. The van der Waals surface area contributed by atoms with Gasteiger partial charge in [-0.05, 0) is 0 Å². The summed E-state index contributed by atoms with van der Waals surface area (Å²) in [6.07, 6.45) is -0.0762. The lowest BCUT2D eigenvalue weighted by Gasteiger charge is -2.09. The number of ketones is 1. The highest BCUT2D eigenvalue weighted by atomic mass is 16.2. The molecule has 0 aromatic carbocycles. The molecule has 1 aromatic rings. The number of Topliss-reactive ketones (excluding diaryl/α,β-unsaturated/α-hetero) is 1. The van der Waals surface area contributed by atoms with Gasteiger partial charge in [0.2, 0.25) is 5.91 Å². The Labute approximate surface area is 72.5 Å². The Balaban J connectivity index is 2.32. The van der Waals surface area contributed by atoms with Gasteiger partial charge in [-0.1, -0.05) is 0 Å². The van der Waals surface area contributed by atoms with Gasteiger partial charge in [0.15, 0.2) is 5.78 Å². The molecule has 6 heteroatoms. The van der Waals surface area contributed by atoms with Gasteiger partial charge in [-0.25, -0.2) is 0 Å². The van der Waals surface area contributed by atoms with Crippen LogP contribution in [0.3, 0.4) is 0 Å². The molecule has 0 bridgehead atoms. The van der Waals surface area contributed by atoms with Crippen molar-refractivity contribution >= 4 is 17.5 Å². The Morgan fingerprint density at radius 1 is 1.23 bits per heavy atom. The van der Waals surface area contributed by atoms with E-state index in [2.05, 4.69) is 10.2 Å². The number of amides is 1. The van der Waals surface area contributed by atoms with Gasteiger partial charge in [0.25, 0.3) is 5.56 Å². The van der Waals surface area contributed by atoms with Gasteiger partial charge in [0.1, 0.15) is 5.82 Å². The van der Waals surface area contributed by atoms with Crippen LogP contribution >= 0.6 is 0 Å². The molecule has 6 nitrogen and oxygen atoms in total. The minimum Gasteiger partial charge on any atom is -0.297 e. The predicted octanol–water partition coefficient (Wildman–Crippen LogP) is -0.991. The SMILES string of the molecule is O=C1CC(=O)N(c2cc(=O)[nH][nH]2)C1. The van der Waals surface area contributed by atoms with Crippen LogP contribution in [0, 0.1) is 0 Å². The van der Waals surface area contributed by atoms with Crippen molar-refractivity contribution in [3.63, 3.8) is 0 Å². The molecule has 68 valence electrons. The topological polar surface area (TPSA) is 86.0 Å². The van der Waals surface area contributed by atoms with Gasteiger partial charge in [-0.2, -0.15) is 0 Å². The van der Waals surface area contributed by atoms with Crippen molar-refractivity contribution in [3.8, 4) is 0 Å². The smallest absolute Gasteiger partial charge is 0.266 e. The fourth-order valence-electron chi connectivity index (χ4n) is 1.27. The number of aromatic amines is 2. The number of nitrogens with one attached hydrogen (secondary N) is 2. The van der Waals surface area contributed by atoms with Crippen LogP contribution in [-0.2, 0) is 9.59 Å². The summed E-state index contributed by atoms with van der Waals surface area (Å²) in [6.45, 7) is 0.0482. The molecule has 1 fully saturated rings. The van der Waals surface area contributed by atoms with Gasteiger partial charge in [-0.3, -0.25) is 29.5 Å². The molecule has 1 aromatic heterocycles. The van der Waals surface area contributed by atoms with E-state index in [0.717, 1.165) is 0 Å². The highest BCUT2D eigenvalue weighted by molar-refractivity contribution is 6.14. The average molecular weight is 181 g/mol. The van der Waals surface area contributed by atoms with Gasteiger partial charge >= 0.3 is 0 Å². The third-order valence-electron chi connectivity index (χ3n) is 1.86. The van der Waals surface area contributed by atoms with Crippen LogP contribution in [0.2, 0.25) is 0 Å². The number of aromatic nitrogens is 2. The highest BCUT2D eigenvalue weighted by Gasteiger charge is 2.29. The largest absolute Gasteiger partial charge is 0.297 e. The fraction of sp³-hybridized carbons (Fsp3) is 0.286. The first-order valence-corrected chi connectivity index (χ1v) is 3.76. The van der Waals surface area contributed by atoms with Crippen molar-refractivity contribution in [1.29, 1.82) is 0 Å². The van der Waals surface area contributed by atoms with E-state index in [1.165, 1.54) is 11.0 Å². The summed E-state index contributed by atoms with van der Waals surface area (Å²) in [7, 11) is 0. The number of anilines is 1. The second kappa shape index (κ2) is 2.58. The molecule has 0 spiro atoms. The number of rotatable bonds is 1. The third kappa shape index (κ3) is 1.26. The summed E-state index contributed by atoms with van der Waals surface area (Å²) in [4.78, 5) is 34.0. The van der Waals surface area contributed by atoms with Crippen LogP contribution in [0.4, 0.5) is 5.82 Å². The molecule has 0 radical (unpaired) electrons. The Hall–Kier alpha value is -1.85. The summed E-state index contributed by atoms with van der Waals surface area (Å²) in [5.41, 5.74) is -0.317. The lowest BCUT2D eigenvalue weighted by molar-refractivity contribution is -0.121. The predicted molar refractivity (Wildman–Crippen MR) is 43.4 cm³/mol. The van der Waals surface area contributed by atoms with Gasteiger partial charge in [0.05, 0.1) is 13.0 Å². The van der Waals surface area contributed by atoms with E-state index in [-0.39, 0.29) is 30.2 Å². The molecule has 13 heavy (non-hydrogen) atoms. The van der Waals surface area contributed by atoms with E-state index in [4.69, 9.17) is 0 Å². The maximum Gasteiger partial charge on any atom is 0.266 e. The van der Waals surface area contributed by atoms with Crippen LogP contribution < -0.4 is 10.5 Å². The Morgan fingerprint density at radius 3 is 2.46 bits per heavy atom. The van der Waals surface area contributed by atoms with Crippen LogP contribution in [0.1, 0.15) is 6.42 Å².